The molecule has 2 rings (SSSR count). The molecule has 7 nitrogen and oxygen atoms in total. The van der Waals surface area contributed by atoms with Crippen LogP contribution in [0.3, 0.4) is 0 Å². The van der Waals surface area contributed by atoms with Gasteiger partial charge < -0.3 is 15.7 Å². The van der Waals surface area contributed by atoms with Crippen molar-refractivity contribution in [3.63, 3.8) is 0 Å². The number of hydrogen-bond donors (Lipinski definition) is 3. The molecule has 0 unspecified atom stereocenters. The number of thiophene rings is 1. The van der Waals surface area contributed by atoms with Crippen molar-refractivity contribution in [1.29, 1.82) is 0 Å². The molecule has 0 saturated heterocycles. The summed E-state index contributed by atoms with van der Waals surface area (Å²) in [6.07, 6.45) is 1.16. The Morgan fingerprint density at radius 2 is 1.90 bits per heavy atom. The Balaban J connectivity index is 2.05. The second-order valence-corrected chi connectivity index (χ2v) is 5.12. The third-order valence-electron chi connectivity index (χ3n) is 2.38. The molecule has 0 aliphatic rings. The topological polar surface area (TPSA) is 108 Å². The van der Waals surface area contributed by atoms with E-state index in [0.29, 0.717) is 9.88 Å². The zero-order chi connectivity index (χ0) is 15.4. The van der Waals surface area contributed by atoms with Crippen LogP contribution in [-0.2, 0) is 4.79 Å². The number of pyridine rings is 1. The van der Waals surface area contributed by atoms with Crippen molar-refractivity contribution in [2.24, 2.45) is 0 Å². The van der Waals surface area contributed by atoms with Gasteiger partial charge in [0.1, 0.15) is 5.82 Å². The Kier molecular flexibility index (Phi) is 4.29. The molecule has 2 aromatic heterocycles. The summed E-state index contributed by atoms with van der Waals surface area (Å²) in [7, 11) is 0. The maximum Gasteiger partial charge on any atom is 0.337 e. The van der Waals surface area contributed by atoms with E-state index in [0.717, 1.165) is 17.5 Å². The van der Waals surface area contributed by atoms with Crippen molar-refractivity contribution in [2.45, 2.75) is 6.92 Å². The fourth-order valence-electron chi connectivity index (χ4n) is 1.47. The molecule has 2 aromatic rings. The van der Waals surface area contributed by atoms with Crippen LogP contribution in [0.25, 0.3) is 0 Å². The van der Waals surface area contributed by atoms with E-state index in [2.05, 4.69) is 15.6 Å². The molecule has 0 radical (unpaired) electrons. The van der Waals surface area contributed by atoms with E-state index in [4.69, 9.17) is 5.11 Å². The summed E-state index contributed by atoms with van der Waals surface area (Å²) in [5, 5.41) is 14.4. The highest BCUT2D eigenvalue weighted by molar-refractivity contribution is 7.18. The first kappa shape index (κ1) is 14.7. The molecule has 0 bridgehead atoms. The maximum absolute atomic E-state index is 12.0. The second kappa shape index (κ2) is 6.14. The highest BCUT2D eigenvalue weighted by Crippen LogP contribution is 2.22. The van der Waals surface area contributed by atoms with Gasteiger partial charge in [0.05, 0.1) is 15.4 Å². The zero-order valence-electron chi connectivity index (χ0n) is 10.9. The number of aromatic nitrogens is 1. The summed E-state index contributed by atoms with van der Waals surface area (Å²) in [5.74, 6) is -1.43. The summed E-state index contributed by atoms with van der Waals surface area (Å²) in [6.45, 7) is 1.38. The first-order valence-electron chi connectivity index (χ1n) is 5.84. The van der Waals surface area contributed by atoms with Crippen LogP contribution in [0.5, 0.6) is 0 Å². The molecule has 2 heterocycles. The molecule has 0 spiro atoms. The molecule has 3 N–H and O–H groups in total. The predicted molar refractivity (Wildman–Crippen MR) is 77.8 cm³/mol. The lowest BCUT2D eigenvalue weighted by molar-refractivity contribution is -0.114. The number of carboxylic acid groups (broad SMARTS) is 1. The van der Waals surface area contributed by atoms with Crippen molar-refractivity contribution in [1.82, 2.24) is 4.98 Å². The number of carbonyl (C=O) groups is 3. The molecule has 0 aliphatic carbocycles. The molecule has 0 atom stereocenters. The van der Waals surface area contributed by atoms with Crippen LogP contribution in [0.4, 0.5) is 10.8 Å². The van der Waals surface area contributed by atoms with Crippen LogP contribution < -0.4 is 10.6 Å². The monoisotopic (exact) mass is 305 g/mol. The highest BCUT2D eigenvalue weighted by Gasteiger charge is 2.11. The van der Waals surface area contributed by atoms with E-state index >= 15 is 0 Å². The average molecular weight is 305 g/mol. The van der Waals surface area contributed by atoms with Gasteiger partial charge in [-0.2, -0.15) is 0 Å². The van der Waals surface area contributed by atoms with Crippen molar-refractivity contribution in [3.05, 3.63) is 40.9 Å². The third-order valence-corrected chi connectivity index (χ3v) is 3.38. The second-order valence-electron chi connectivity index (χ2n) is 4.04. The van der Waals surface area contributed by atoms with Crippen LogP contribution in [0.2, 0.25) is 0 Å². The Labute approximate surface area is 123 Å². The first-order chi connectivity index (χ1) is 9.95. The molecule has 8 heteroatoms. The van der Waals surface area contributed by atoms with Crippen LogP contribution in [0.1, 0.15) is 27.0 Å². The number of carboxylic acids is 1. The number of hydrogen-bond acceptors (Lipinski definition) is 5. The summed E-state index contributed by atoms with van der Waals surface area (Å²) in [4.78, 5) is 37.8. The van der Waals surface area contributed by atoms with Gasteiger partial charge >= 0.3 is 5.97 Å². The van der Waals surface area contributed by atoms with E-state index in [1.165, 1.54) is 19.1 Å². The molecule has 0 aromatic carbocycles. The lowest BCUT2D eigenvalue weighted by Gasteiger charge is -2.02. The van der Waals surface area contributed by atoms with Gasteiger partial charge in [-0.15, -0.1) is 11.3 Å². The number of rotatable bonds is 4. The maximum atomic E-state index is 12.0. The van der Waals surface area contributed by atoms with E-state index in [9.17, 15) is 14.4 Å². The number of carbonyl (C=O) groups excluding carboxylic acids is 2. The predicted octanol–water partition coefficient (Wildman–Crippen LogP) is 2.05. The lowest BCUT2D eigenvalue weighted by Crippen LogP contribution is -2.11. The molecule has 0 aliphatic heterocycles. The number of anilines is 2. The molecule has 21 heavy (non-hydrogen) atoms. The summed E-state index contributed by atoms with van der Waals surface area (Å²) >= 11 is 1.13. The molecule has 0 saturated carbocycles. The minimum Gasteiger partial charge on any atom is -0.478 e. The third kappa shape index (κ3) is 3.86. The summed E-state index contributed by atoms with van der Waals surface area (Å²) in [6, 6.07) is 5.96. The summed E-state index contributed by atoms with van der Waals surface area (Å²) in [5.41, 5.74) is 0.0390. The van der Waals surface area contributed by atoms with Crippen LogP contribution in [0, 0.1) is 0 Å². The number of nitrogens with one attached hydrogen (secondary N) is 2. The lowest BCUT2D eigenvalue weighted by atomic mass is 10.3. The fraction of sp³-hybridized carbons (Fsp3) is 0.0769. The smallest absolute Gasteiger partial charge is 0.337 e. The van der Waals surface area contributed by atoms with Crippen molar-refractivity contribution in [3.8, 4) is 0 Å². The van der Waals surface area contributed by atoms with Crippen molar-refractivity contribution < 1.29 is 19.5 Å². The fourth-order valence-corrected chi connectivity index (χ4v) is 2.32. The Morgan fingerprint density at radius 3 is 2.48 bits per heavy atom. The quantitative estimate of drug-likeness (QED) is 0.801. The van der Waals surface area contributed by atoms with Crippen LogP contribution >= 0.6 is 11.3 Å². The van der Waals surface area contributed by atoms with Crippen LogP contribution in [0.15, 0.2) is 30.5 Å². The average Bonchev–Trinajstić information content (AvgIpc) is 2.87. The van der Waals surface area contributed by atoms with Crippen molar-refractivity contribution >= 4 is 39.9 Å². The highest BCUT2D eigenvalue weighted by atomic mass is 32.1. The largest absolute Gasteiger partial charge is 0.478 e. The normalized spacial score (nSPS) is 9.95. The van der Waals surface area contributed by atoms with Gasteiger partial charge in [-0.05, 0) is 24.3 Å². The van der Waals surface area contributed by atoms with Gasteiger partial charge in [0.15, 0.2) is 0 Å². The standard InChI is InChI=1S/C13H11N3O4S/c1-7(17)15-11-5-3-9(21-11)12(18)16-10-4-2-8(6-14-10)13(19)20/h2-6H,1H3,(H,15,17)(H,19,20)(H,14,16,18). The first-order valence-corrected chi connectivity index (χ1v) is 6.65. The Morgan fingerprint density at radius 1 is 1.14 bits per heavy atom. The van der Waals surface area contributed by atoms with E-state index in [1.54, 1.807) is 12.1 Å². The molecule has 2 amide bonds. The molecule has 0 fully saturated rings. The minimum absolute atomic E-state index is 0.0390. The van der Waals surface area contributed by atoms with Gasteiger partial charge in [0, 0.05) is 13.1 Å². The van der Waals surface area contributed by atoms with Gasteiger partial charge in [0.25, 0.3) is 5.91 Å². The SMILES string of the molecule is CC(=O)Nc1ccc(C(=O)Nc2ccc(C(=O)O)cn2)s1. The number of amides is 2. The number of nitrogens with zero attached hydrogens (tertiary/aromatic N) is 1. The molecular formula is C13H11N3O4S. The zero-order valence-corrected chi connectivity index (χ0v) is 11.7. The Bertz CT molecular complexity index is 694. The van der Waals surface area contributed by atoms with E-state index in [1.807, 2.05) is 0 Å². The Hall–Kier alpha value is -2.74. The van der Waals surface area contributed by atoms with E-state index < -0.39 is 5.97 Å². The van der Waals surface area contributed by atoms with Gasteiger partial charge in [-0.25, -0.2) is 9.78 Å². The minimum atomic E-state index is -1.08. The summed E-state index contributed by atoms with van der Waals surface area (Å²) < 4.78 is 0. The molecule has 108 valence electrons. The van der Waals surface area contributed by atoms with Crippen molar-refractivity contribution in [2.75, 3.05) is 10.6 Å². The number of aromatic carboxylic acids is 1. The van der Waals surface area contributed by atoms with Crippen LogP contribution in [-0.4, -0.2) is 27.9 Å². The molecular weight excluding hydrogens is 294 g/mol. The van der Waals surface area contributed by atoms with Gasteiger partial charge in [0.2, 0.25) is 5.91 Å². The van der Waals surface area contributed by atoms with Gasteiger partial charge in [-0.1, -0.05) is 0 Å². The van der Waals surface area contributed by atoms with Gasteiger partial charge in [-0.3, -0.25) is 9.59 Å². The van der Waals surface area contributed by atoms with E-state index in [-0.39, 0.29) is 23.2 Å².